The van der Waals surface area contributed by atoms with Gasteiger partial charge >= 0.3 is 0 Å². The highest BCUT2D eigenvalue weighted by Crippen LogP contribution is 2.38. The lowest BCUT2D eigenvalue weighted by Crippen LogP contribution is -2.19. The molecule has 0 spiro atoms. The Labute approximate surface area is 332 Å². The van der Waals surface area contributed by atoms with Crippen molar-refractivity contribution in [1.29, 1.82) is 5.26 Å². The standard InChI is InChI=1S/C46H55N5O3S/c1-9-30(2)24-35-27-39(17-20-42(35)33(5)52)49-43(34-13-10-14-34)31(3)12-11-23-53-44-32(4)25-38(26-36(44)28-47)46(6,7)37-15-18-41(19-16-37)54-29-40-21-22-48-45(50-40)51-55-8/h15-22,25-27,30,49H,3,9-14,23-24,29H2,1-2,4-8H3,(H,48,50,51). The number of anilines is 2. The van der Waals surface area contributed by atoms with Gasteiger partial charge in [0.15, 0.2) is 5.78 Å². The summed E-state index contributed by atoms with van der Waals surface area (Å²) in [6.07, 6.45) is 10.4. The zero-order chi connectivity index (χ0) is 39.5. The lowest BCUT2D eigenvalue weighted by Gasteiger charge is -2.28. The first kappa shape index (κ1) is 41.1. The van der Waals surface area contributed by atoms with Crippen LogP contribution in [0.3, 0.4) is 0 Å². The van der Waals surface area contributed by atoms with Gasteiger partial charge in [0.05, 0.1) is 17.9 Å². The number of nitrogens with zero attached hydrogens (tertiary/aromatic N) is 3. The van der Waals surface area contributed by atoms with Crippen molar-refractivity contribution in [1.82, 2.24) is 9.97 Å². The fraction of sp³-hybridized carbons (Fsp3) is 0.391. The molecular weight excluding hydrogens is 703 g/mol. The van der Waals surface area contributed by atoms with Crippen LogP contribution in [0.1, 0.15) is 117 Å². The summed E-state index contributed by atoms with van der Waals surface area (Å²) in [5.74, 6) is 2.54. The van der Waals surface area contributed by atoms with Gasteiger partial charge < -0.3 is 14.8 Å². The van der Waals surface area contributed by atoms with Crippen molar-refractivity contribution in [3.05, 3.63) is 129 Å². The van der Waals surface area contributed by atoms with E-state index in [4.69, 9.17) is 9.47 Å². The number of hydrogen-bond acceptors (Lipinski definition) is 9. The fourth-order valence-electron chi connectivity index (χ4n) is 6.78. The molecule has 4 aromatic rings. The Balaban J connectivity index is 1.20. The molecule has 0 aliphatic heterocycles. The highest BCUT2D eigenvalue weighted by molar-refractivity contribution is 7.99. The van der Waals surface area contributed by atoms with Crippen molar-refractivity contribution in [2.24, 2.45) is 5.92 Å². The average Bonchev–Trinajstić information content (AvgIpc) is 3.15. The van der Waals surface area contributed by atoms with Crippen LogP contribution in [0, 0.1) is 24.2 Å². The van der Waals surface area contributed by atoms with E-state index in [0.29, 0.717) is 36.4 Å². The van der Waals surface area contributed by atoms with E-state index < -0.39 is 0 Å². The third-order valence-electron chi connectivity index (χ3n) is 10.5. The summed E-state index contributed by atoms with van der Waals surface area (Å²) in [4.78, 5) is 21.0. The minimum Gasteiger partial charge on any atom is -0.492 e. The molecule has 1 heterocycles. The highest BCUT2D eigenvalue weighted by atomic mass is 32.2. The summed E-state index contributed by atoms with van der Waals surface area (Å²) in [7, 11) is 0. The first-order valence-electron chi connectivity index (χ1n) is 19.3. The molecule has 1 unspecified atom stereocenters. The van der Waals surface area contributed by atoms with E-state index in [-0.39, 0.29) is 11.2 Å². The van der Waals surface area contributed by atoms with Gasteiger partial charge in [-0.2, -0.15) is 5.26 Å². The van der Waals surface area contributed by atoms with Crippen LogP contribution < -0.4 is 19.5 Å². The fourth-order valence-corrected chi connectivity index (χ4v) is 7.06. The molecule has 1 aromatic heterocycles. The van der Waals surface area contributed by atoms with Crippen LogP contribution in [0.5, 0.6) is 11.5 Å². The van der Waals surface area contributed by atoms with Crippen molar-refractivity contribution in [3.63, 3.8) is 0 Å². The number of aromatic nitrogens is 2. The molecule has 0 radical (unpaired) electrons. The van der Waals surface area contributed by atoms with Gasteiger partial charge in [0.1, 0.15) is 24.2 Å². The number of allylic oxidation sites excluding steroid dienone is 2. The van der Waals surface area contributed by atoms with Crippen LogP contribution in [0.2, 0.25) is 0 Å². The number of rotatable bonds is 19. The monoisotopic (exact) mass is 757 g/mol. The van der Waals surface area contributed by atoms with E-state index in [0.717, 1.165) is 94.7 Å². The van der Waals surface area contributed by atoms with Gasteiger partial charge in [0, 0.05) is 34.8 Å². The van der Waals surface area contributed by atoms with Crippen molar-refractivity contribution < 1.29 is 14.3 Å². The van der Waals surface area contributed by atoms with E-state index in [1.807, 2.05) is 49.6 Å². The van der Waals surface area contributed by atoms with Crippen molar-refractivity contribution >= 4 is 29.4 Å². The lowest BCUT2D eigenvalue weighted by atomic mass is 9.77. The second-order valence-corrected chi connectivity index (χ2v) is 15.7. The largest absolute Gasteiger partial charge is 0.492 e. The van der Waals surface area contributed by atoms with Crippen molar-refractivity contribution in [2.75, 3.05) is 22.9 Å². The Kier molecular flexibility index (Phi) is 14.2. The molecule has 5 rings (SSSR count). The average molecular weight is 758 g/mol. The van der Waals surface area contributed by atoms with Gasteiger partial charge in [-0.1, -0.05) is 70.8 Å². The predicted molar refractivity (Wildman–Crippen MR) is 226 cm³/mol. The number of ether oxygens (including phenoxy) is 2. The zero-order valence-electron chi connectivity index (χ0n) is 33.5. The van der Waals surface area contributed by atoms with Crippen LogP contribution >= 0.6 is 11.9 Å². The van der Waals surface area contributed by atoms with E-state index in [1.54, 1.807) is 13.1 Å². The van der Waals surface area contributed by atoms with Gasteiger partial charge in [0.2, 0.25) is 5.95 Å². The van der Waals surface area contributed by atoms with Crippen LogP contribution in [-0.4, -0.2) is 28.6 Å². The Bertz CT molecular complexity index is 2060. The summed E-state index contributed by atoms with van der Waals surface area (Å²) >= 11 is 1.44. The normalized spacial score (nSPS) is 12.9. The second kappa shape index (κ2) is 19.0. The van der Waals surface area contributed by atoms with E-state index in [2.05, 4.69) is 84.6 Å². The molecule has 288 valence electrons. The van der Waals surface area contributed by atoms with E-state index in [9.17, 15) is 10.1 Å². The summed E-state index contributed by atoms with van der Waals surface area (Å²) in [6, 6.07) is 22.5. The SMILES string of the molecule is C=C(CCCOc1c(C)cc(C(C)(C)c2ccc(OCc3ccnc(NSC)n3)cc2)cc1C#N)C(Nc1ccc(C(C)=O)c(CC(C)CC)c1)=C1CCC1. The van der Waals surface area contributed by atoms with Crippen LogP contribution in [0.4, 0.5) is 11.6 Å². The number of benzene rings is 3. The maximum absolute atomic E-state index is 12.4. The number of nitrogens with one attached hydrogen (secondary N) is 2. The maximum Gasteiger partial charge on any atom is 0.233 e. The molecule has 0 saturated heterocycles. The molecule has 1 atom stereocenters. The van der Waals surface area contributed by atoms with E-state index in [1.165, 1.54) is 23.9 Å². The van der Waals surface area contributed by atoms with Crippen LogP contribution in [0.25, 0.3) is 0 Å². The molecule has 9 heteroatoms. The van der Waals surface area contributed by atoms with Crippen molar-refractivity contribution in [2.45, 2.75) is 98.5 Å². The highest BCUT2D eigenvalue weighted by Gasteiger charge is 2.26. The van der Waals surface area contributed by atoms with Gasteiger partial charge in [-0.15, -0.1) is 0 Å². The molecule has 2 N–H and O–H groups in total. The third-order valence-corrected chi connectivity index (χ3v) is 10.9. The molecule has 1 fully saturated rings. The quantitative estimate of drug-likeness (QED) is 0.0549. The van der Waals surface area contributed by atoms with Gasteiger partial charge in [-0.25, -0.2) is 9.97 Å². The smallest absolute Gasteiger partial charge is 0.233 e. The molecule has 1 saturated carbocycles. The first-order valence-corrected chi connectivity index (χ1v) is 20.5. The predicted octanol–water partition coefficient (Wildman–Crippen LogP) is 11.3. The maximum atomic E-state index is 12.4. The summed E-state index contributed by atoms with van der Waals surface area (Å²) < 4.78 is 15.4. The molecule has 55 heavy (non-hydrogen) atoms. The van der Waals surface area contributed by atoms with Gasteiger partial charge in [0.25, 0.3) is 0 Å². The Morgan fingerprint density at radius 1 is 1.07 bits per heavy atom. The minimum atomic E-state index is -0.365. The molecule has 1 aliphatic carbocycles. The topological polar surface area (TPSA) is 109 Å². The number of hydrogen-bond donors (Lipinski definition) is 2. The number of carbonyl (C=O) groups is 1. The molecule has 3 aromatic carbocycles. The number of ketones is 1. The zero-order valence-corrected chi connectivity index (χ0v) is 34.3. The number of nitriles is 1. The first-order chi connectivity index (χ1) is 26.4. The Hall–Kier alpha value is -5.07. The van der Waals surface area contributed by atoms with Gasteiger partial charge in [-0.05, 0) is 134 Å². The van der Waals surface area contributed by atoms with Crippen LogP contribution in [0.15, 0.2) is 90.3 Å². The molecular formula is C46H55N5O3S. The number of carbonyl (C=O) groups excluding carboxylic acids is 1. The van der Waals surface area contributed by atoms with E-state index >= 15 is 0 Å². The minimum absolute atomic E-state index is 0.103. The molecule has 0 bridgehead atoms. The Morgan fingerprint density at radius 2 is 1.84 bits per heavy atom. The summed E-state index contributed by atoms with van der Waals surface area (Å²) in [5, 5.41) is 13.9. The summed E-state index contributed by atoms with van der Waals surface area (Å²) in [6.45, 7) is 17.7. The summed E-state index contributed by atoms with van der Waals surface area (Å²) in [5.41, 5.74) is 10.5. The number of Topliss-reactive ketones (excluding diaryl/α,β-unsaturated/α-hetero) is 1. The van der Waals surface area contributed by atoms with Crippen molar-refractivity contribution in [3.8, 4) is 17.6 Å². The van der Waals surface area contributed by atoms with Crippen LogP contribution in [-0.2, 0) is 18.4 Å². The molecule has 0 amide bonds. The molecule has 8 nitrogen and oxygen atoms in total. The Morgan fingerprint density at radius 3 is 2.49 bits per heavy atom. The molecule has 1 aliphatic rings. The second-order valence-electron chi connectivity index (χ2n) is 15.1. The van der Waals surface area contributed by atoms with Gasteiger partial charge in [-0.3, -0.25) is 9.52 Å². The lowest BCUT2D eigenvalue weighted by molar-refractivity contribution is 0.101. The third kappa shape index (κ3) is 10.6. The number of aryl methyl sites for hydroxylation is 1.